The smallest absolute Gasteiger partial charge is 0.274 e. The maximum Gasteiger partial charge on any atom is 0.274 e. The number of amides is 1. The van der Waals surface area contributed by atoms with E-state index in [1.807, 2.05) is 17.9 Å². The molecule has 130 valence electrons. The molecule has 3 nitrogen and oxygen atoms in total. The van der Waals surface area contributed by atoms with E-state index >= 15 is 0 Å². The first-order valence-corrected chi connectivity index (χ1v) is 9.01. The monoisotopic (exact) mass is 366 g/mol. The van der Waals surface area contributed by atoms with Gasteiger partial charge in [-0.05, 0) is 50.3 Å². The minimum Gasteiger partial charge on any atom is -0.313 e. The van der Waals surface area contributed by atoms with Crippen molar-refractivity contribution in [3.63, 3.8) is 0 Å². The predicted octanol–water partition coefficient (Wildman–Crippen LogP) is 5.35. The molecule has 0 N–H and O–H groups in total. The van der Waals surface area contributed by atoms with Crippen molar-refractivity contribution in [2.75, 3.05) is 6.54 Å². The molecule has 5 heteroatoms. The summed E-state index contributed by atoms with van der Waals surface area (Å²) in [6.45, 7) is 10.7. The Morgan fingerprint density at radius 2 is 1.92 bits per heavy atom. The van der Waals surface area contributed by atoms with Gasteiger partial charge >= 0.3 is 0 Å². The summed E-state index contributed by atoms with van der Waals surface area (Å²) in [5.41, 5.74) is 0.594. The lowest BCUT2D eigenvalue weighted by Gasteiger charge is -2.34. The van der Waals surface area contributed by atoms with Gasteiger partial charge < -0.3 is 4.90 Å². The predicted molar refractivity (Wildman–Crippen MR) is 102 cm³/mol. The zero-order valence-electron chi connectivity index (χ0n) is 14.5. The molecule has 1 aromatic carbocycles. The highest BCUT2D eigenvalue weighted by Gasteiger charge is 2.43. The molecule has 0 bridgehead atoms. The van der Waals surface area contributed by atoms with Crippen LogP contribution in [0.3, 0.4) is 0 Å². The summed E-state index contributed by atoms with van der Waals surface area (Å²) in [5.74, 6) is 0.372. The van der Waals surface area contributed by atoms with E-state index in [0.717, 1.165) is 19.3 Å². The highest BCUT2D eigenvalue weighted by atomic mass is 35.5. The van der Waals surface area contributed by atoms with Crippen LogP contribution in [0.25, 0.3) is 0 Å². The summed E-state index contributed by atoms with van der Waals surface area (Å²) in [7, 11) is 0. The first-order chi connectivity index (χ1) is 11.3. The zero-order valence-corrected chi connectivity index (χ0v) is 16.0. The van der Waals surface area contributed by atoms with Crippen LogP contribution in [0.15, 0.2) is 35.8 Å². The molecule has 0 saturated carbocycles. The molecule has 1 unspecified atom stereocenters. The Labute approximate surface area is 154 Å². The van der Waals surface area contributed by atoms with Crippen molar-refractivity contribution >= 4 is 34.8 Å². The fourth-order valence-corrected chi connectivity index (χ4v) is 3.77. The molecule has 0 aromatic heterocycles. The second kappa shape index (κ2) is 7.71. The number of carbonyl (C=O) groups excluding carboxylic acids is 1. The normalized spacial score (nSPS) is 20.7. The number of hydrogen-bond donors (Lipinski definition) is 0. The Hall–Kier alpha value is -1.32. The average molecular weight is 367 g/mol. The van der Waals surface area contributed by atoms with Gasteiger partial charge in [0.05, 0.1) is 0 Å². The van der Waals surface area contributed by atoms with Crippen LogP contribution in [0, 0.1) is 5.92 Å². The lowest BCUT2D eigenvalue weighted by molar-refractivity contribution is -0.127. The molecular weight excluding hydrogens is 343 g/mol. The van der Waals surface area contributed by atoms with Crippen molar-refractivity contribution in [1.29, 1.82) is 0 Å². The maximum atomic E-state index is 13.0. The van der Waals surface area contributed by atoms with E-state index in [4.69, 9.17) is 28.2 Å². The third kappa shape index (κ3) is 4.20. The zero-order chi connectivity index (χ0) is 17.9. The molecule has 1 atom stereocenters. The van der Waals surface area contributed by atoms with Gasteiger partial charge in [0, 0.05) is 22.2 Å². The highest BCUT2D eigenvalue weighted by Crippen LogP contribution is 2.33. The van der Waals surface area contributed by atoms with Gasteiger partial charge in [-0.2, -0.15) is 0 Å². The number of allylic oxidation sites excluding steroid dienone is 1. The number of aliphatic imine (C=N–C) groups is 1. The summed E-state index contributed by atoms with van der Waals surface area (Å²) >= 11 is 12.2. The molecule has 24 heavy (non-hydrogen) atoms. The SMILES string of the molecule is C=CCCCN1C(=O)C(c2cc(Cl)cc(Cl)c2)=NC1(C)CC(C)C. The maximum absolute atomic E-state index is 13.0. The number of hydrogen-bond acceptors (Lipinski definition) is 2. The van der Waals surface area contributed by atoms with E-state index < -0.39 is 5.66 Å². The molecule has 2 rings (SSSR count). The number of benzene rings is 1. The van der Waals surface area contributed by atoms with Crippen LogP contribution in [0.1, 0.15) is 45.6 Å². The van der Waals surface area contributed by atoms with Crippen LogP contribution < -0.4 is 0 Å². The van der Waals surface area contributed by atoms with Crippen LogP contribution in [-0.2, 0) is 4.79 Å². The molecule has 0 saturated heterocycles. The highest BCUT2D eigenvalue weighted by molar-refractivity contribution is 6.47. The molecule has 0 radical (unpaired) electrons. The second-order valence-electron chi connectivity index (χ2n) is 6.82. The summed E-state index contributed by atoms with van der Waals surface area (Å²) in [4.78, 5) is 19.7. The first-order valence-electron chi connectivity index (χ1n) is 8.26. The number of halogens is 2. The van der Waals surface area contributed by atoms with Gasteiger partial charge in [0.2, 0.25) is 0 Å². The molecule has 1 aromatic rings. The second-order valence-corrected chi connectivity index (χ2v) is 7.69. The third-order valence-corrected chi connectivity index (χ3v) is 4.54. The number of nitrogens with zero attached hydrogens (tertiary/aromatic N) is 2. The van der Waals surface area contributed by atoms with Gasteiger partial charge in [-0.3, -0.25) is 9.79 Å². The lowest BCUT2D eigenvalue weighted by atomic mass is 9.98. The molecule has 0 aliphatic carbocycles. The van der Waals surface area contributed by atoms with Crippen molar-refractivity contribution in [2.24, 2.45) is 10.9 Å². The van der Waals surface area contributed by atoms with Gasteiger partial charge in [-0.25, -0.2) is 0 Å². The van der Waals surface area contributed by atoms with Gasteiger partial charge in [0.1, 0.15) is 11.4 Å². The van der Waals surface area contributed by atoms with Crippen LogP contribution in [-0.4, -0.2) is 28.7 Å². The fraction of sp³-hybridized carbons (Fsp3) is 0.474. The van der Waals surface area contributed by atoms with E-state index in [9.17, 15) is 4.79 Å². The van der Waals surface area contributed by atoms with Crippen LogP contribution in [0.5, 0.6) is 0 Å². The molecular formula is C19H24Cl2N2O. The third-order valence-electron chi connectivity index (χ3n) is 4.10. The van der Waals surface area contributed by atoms with Gasteiger partial charge in [-0.1, -0.05) is 43.1 Å². The molecule has 0 fully saturated rings. The molecule has 0 spiro atoms. The quantitative estimate of drug-likeness (QED) is 0.472. The summed E-state index contributed by atoms with van der Waals surface area (Å²) in [6.07, 6.45) is 4.44. The van der Waals surface area contributed by atoms with Crippen molar-refractivity contribution in [3.05, 3.63) is 46.5 Å². The first kappa shape index (κ1) is 19.0. The van der Waals surface area contributed by atoms with Crippen molar-refractivity contribution < 1.29 is 4.79 Å². The Balaban J connectivity index is 2.39. The van der Waals surface area contributed by atoms with Crippen LogP contribution >= 0.6 is 23.2 Å². The Kier molecular flexibility index (Phi) is 6.11. The number of unbranched alkanes of at least 4 members (excludes halogenated alkanes) is 1. The Morgan fingerprint density at radius 3 is 2.46 bits per heavy atom. The van der Waals surface area contributed by atoms with Crippen LogP contribution in [0.2, 0.25) is 10.0 Å². The number of carbonyl (C=O) groups is 1. The van der Waals surface area contributed by atoms with Gasteiger partial charge in [0.25, 0.3) is 5.91 Å². The molecule has 1 amide bonds. The largest absolute Gasteiger partial charge is 0.313 e. The standard InChI is InChI=1S/C19H24Cl2N2O/c1-5-6-7-8-23-18(24)17(22-19(23,4)12-13(2)3)14-9-15(20)11-16(21)10-14/h5,9-11,13H,1,6-8,12H2,2-4H3. The van der Waals surface area contributed by atoms with Crippen molar-refractivity contribution in [2.45, 2.75) is 45.7 Å². The van der Waals surface area contributed by atoms with E-state index in [0.29, 0.717) is 33.8 Å². The Bertz CT molecular complexity index is 649. The van der Waals surface area contributed by atoms with Gasteiger partial charge in [0.15, 0.2) is 0 Å². The summed E-state index contributed by atoms with van der Waals surface area (Å²) in [6, 6.07) is 5.14. The van der Waals surface area contributed by atoms with Crippen LogP contribution in [0.4, 0.5) is 0 Å². The molecule has 1 heterocycles. The fourth-order valence-electron chi connectivity index (χ4n) is 3.24. The van der Waals surface area contributed by atoms with E-state index in [-0.39, 0.29) is 5.91 Å². The van der Waals surface area contributed by atoms with Crippen molar-refractivity contribution in [3.8, 4) is 0 Å². The lowest BCUT2D eigenvalue weighted by Crippen LogP contribution is -2.46. The van der Waals surface area contributed by atoms with Gasteiger partial charge in [-0.15, -0.1) is 6.58 Å². The number of rotatable bonds is 7. The average Bonchev–Trinajstić information content (AvgIpc) is 2.70. The van der Waals surface area contributed by atoms with E-state index in [1.165, 1.54) is 0 Å². The molecule has 1 aliphatic heterocycles. The van der Waals surface area contributed by atoms with E-state index in [1.54, 1.807) is 18.2 Å². The Morgan fingerprint density at radius 1 is 1.29 bits per heavy atom. The van der Waals surface area contributed by atoms with E-state index in [2.05, 4.69) is 20.4 Å². The summed E-state index contributed by atoms with van der Waals surface area (Å²) < 4.78 is 0. The summed E-state index contributed by atoms with van der Waals surface area (Å²) in [5, 5.41) is 1.01. The van der Waals surface area contributed by atoms with Crippen molar-refractivity contribution in [1.82, 2.24) is 4.90 Å². The minimum absolute atomic E-state index is 0.0551. The minimum atomic E-state index is -0.531. The topological polar surface area (TPSA) is 32.7 Å². The molecule has 1 aliphatic rings.